The number of thioether (sulfide) groups is 1. The van der Waals surface area contributed by atoms with Gasteiger partial charge in [-0.2, -0.15) is 11.8 Å². The fourth-order valence-corrected chi connectivity index (χ4v) is 3.10. The Hall–Kier alpha value is -0.440. The molecule has 0 bridgehead atoms. The largest absolute Gasteiger partial charge is 0.372 e. The van der Waals surface area contributed by atoms with E-state index in [1.54, 1.807) is 0 Å². The summed E-state index contributed by atoms with van der Waals surface area (Å²) in [6.45, 7) is 7.84. The number of rotatable bonds is 3. The molecule has 2 aliphatic rings. The van der Waals surface area contributed by atoms with Crippen LogP contribution in [-0.2, 0) is 0 Å². The molecular formula is C12H20N2S. The van der Waals surface area contributed by atoms with Crippen molar-refractivity contribution in [1.29, 1.82) is 0 Å². The van der Waals surface area contributed by atoms with Crippen LogP contribution < -0.4 is 5.32 Å². The quantitative estimate of drug-likeness (QED) is 0.797. The Labute approximate surface area is 96.6 Å². The monoisotopic (exact) mass is 224 g/mol. The van der Waals surface area contributed by atoms with Crippen LogP contribution >= 0.6 is 11.8 Å². The summed E-state index contributed by atoms with van der Waals surface area (Å²) in [6, 6.07) is 0. The van der Waals surface area contributed by atoms with E-state index in [1.165, 1.54) is 23.4 Å². The van der Waals surface area contributed by atoms with Gasteiger partial charge in [-0.1, -0.05) is 20.8 Å². The first kappa shape index (κ1) is 11.1. The Morgan fingerprint density at radius 2 is 2.20 bits per heavy atom. The zero-order valence-electron chi connectivity index (χ0n) is 9.79. The van der Waals surface area contributed by atoms with Gasteiger partial charge in [0, 0.05) is 23.4 Å². The number of hydrogen-bond donors (Lipinski definition) is 1. The Kier molecular flexibility index (Phi) is 3.39. The van der Waals surface area contributed by atoms with Crippen LogP contribution in [0.25, 0.3) is 0 Å². The van der Waals surface area contributed by atoms with Gasteiger partial charge in [0.25, 0.3) is 0 Å². The van der Waals surface area contributed by atoms with Gasteiger partial charge in [0.05, 0.1) is 6.34 Å². The van der Waals surface area contributed by atoms with Crippen LogP contribution in [0.15, 0.2) is 16.3 Å². The zero-order valence-corrected chi connectivity index (χ0v) is 10.6. The minimum Gasteiger partial charge on any atom is -0.372 e. The predicted octanol–water partition coefficient (Wildman–Crippen LogP) is 2.67. The summed E-state index contributed by atoms with van der Waals surface area (Å²) in [5.74, 6) is 2.57. The number of hydrogen-bond acceptors (Lipinski definition) is 3. The van der Waals surface area contributed by atoms with E-state index in [9.17, 15) is 0 Å². The summed E-state index contributed by atoms with van der Waals surface area (Å²) in [5.41, 5.74) is 2.85. The van der Waals surface area contributed by atoms with Crippen LogP contribution in [0.3, 0.4) is 0 Å². The summed E-state index contributed by atoms with van der Waals surface area (Å²) in [5, 5.41) is 4.03. The second kappa shape index (κ2) is 4.60. The van der Waals surface area contributed by atoms with Gasteiger partial charge >= 0.3 is 0 Å². The first-order chi connectivity index (χ1) is 7.20. The summed E-state index contributed by atoms with van der Waals surface area (Å²) >= 11 is 2.09. The van der Waals surface area contributed by atoms with Gasteiger partial charge in [0.1, 0.15) is 0 Å². The molecule has 2 unspecified atom stereocenters. The van der Waals surface area contributed by atoms with Crippen molar-refractivity contribution in [3.63, 3.8) is 0 Å². The molecule has 0 amide bonds. The van der Waals surface area contributed by atoms with Crippen molar-refractivity contribution in [3.8, 4) is 0 Å². The highest BCUT2D eigenvalue weighted by Crippen LogP contribution is 2.39. The smallest absolute Gasteiger partial charge is 0.0885 e. The molecule has 2 nitrogen and oxygen atoms in total. The summed E-state index contributed by atoms with van der Waals surface area (Å²) < 4.78 is 0. The minimum atomic E-state index is 0.609. The first-order valence-corrected chi connectivity index (χ1v) is 6.85. The lowest BCUT2D eigenvalue weighted by Crippen LogP contribution is -2.30. The van der Waals surface area contributed by atoms with Crippen molar-refractivity contribution < 1.29 is 0 Å². The molecule has 3 heteroatoms. The number of nitrogens with zero attached hydrogens (tertiary/aromatic N) is 1. The normalized spacial score (nSPS) is 27.6. The molecule has 1 fully saturated rings. The molecule has 2 heterocycles. The third-order valence-electron chi connectivity index (χ3n) is 3.34. The third kappa shape index (κ3) is 2.22. The lowest BCUT2D eigenvalue weighted by atomic mass is 9.91. The SMILES string of the molecule is CC(C)C1=C(C(C)C2CCS2)N=CNC1. The van der Waals surface area contributed by atoms with Crippen LogP contribution in [0.1, 0.15) is 27.2 Å². The molecule has 0 saturated carbocycles. The highest BCUT2D eigenvalue weighted by atomic mass is 32.2. The standard InChI is InChI=1S/C12H20N2S/c1-8(2)10-6-13-7-14-12(10)9(3)11-4-5-15-11/h7-9,11H,4-6H2,1-3H3,(H,13,14). The maximum Gasteiger partial charge on any atom is 0.0885 e. The Morgan fingerprint density at radius 3 is 2.73 bits per heavy atom. The molecule has 1 N–H and O–H groups in total. The van der Waals surface area contributed by atoms with Gasteiger partial charge in [-0.05, 0) is 23.7 Å². The molecule has 0 aliphatic carbocycles. The average molecular weight is 224 g/mol. The van der Waals surface area contributed by atoms with Crippen molar-refractivity contribution in [2.75, 3.05) is 12.3 Å². The maximum atomic E-state index is 4.57. The van der Waals surface area contributed by atoms with Crippen molar-refractivity contribution in [1.82, 2.24) is 5.32 Å². The lowest BCUT2D eigenvalue weighted by Gasteiger charge is -2.33. The number of allylic oxidation sites excluding steroid dienone is 1. The topological polar surface area (TPSA) is 24.4 Å². The van der Waals surface area contributed by atoms with Crippen LogP contribution in [-0.4, -0.2) is 23.9 Å². The van der Waals surface area contributed by atoms with Crippen LogP contribution in [0, 0.1) is 11.8 Å². The Morgan fingerprint density at radius 1 is 1.47 bits per heavy atom. The Bertz CT molecular complexity index is 290. The molecule has 2 atom stereocenters. The first-order valence-electron chi connectivity index (χ1n) is 5.80. The van der Waals surface area contributed by atoms with E-state index in [4.69, 9.17) is 0 Å². The van der Waals surface area contributed by atoms with E-state index in [0.717, 1.165) is 11.8 Å². The fourth-order valence-electron chi connectivity index (χ4n) is 2.18. The minimum absolute atomic E-state index is 0.609. The average Bonchev–Trinajstić information content (AvgIpc) is 2.15. The predicted molar refractivity (Wildman–Crippen MR) is 68.4 cm³/mol. The summed E-state index contributed by atoms with van der Waals surface area (Å²) in [4.78, 5) is 4.57. The second-order valence-electron chi connectivity index (χ2n) is 4.69. The molecule has 84 valence electrons. The summed E-state index contributed by atoms with van der Waals surface area (Å²) in [6.07, 6.45) is 3.23. The lowest BCUT2D eigenvalue weighted by molar-refractivity contribution is 0.563. The van der Waals surface area contributed by atoms with Crippen molar-refractivity contribution in [2.45, 2.75) is 32.4 Å². The van der Waals surface area contributed by atoms with Crippen LogP contribution in [0.4, 0.5) is 0 Å². The molecule has 0 aromatic rings. The molecule has 1 saturated heterocycles. The molecule has 0 radical (unpaired) electrons. The van der Waals surface area contributed by atoms with Gasteiger partial charge in [0.2, 0.25) is 0 Å². The van der Waals surface area contributed by atoms with E-state index in [0.29, 0.717) is 11.8 Å². The van der Waals surface area contributed by atoms with Crippen molar-refractivity contribution >= 4 is 18.1 Å². The molecule has 0 spiro atoms. The van der Waals surface area contributed by atoms with E-state index >= 15 is 0 Å². The van der Waals surface area contributed by atoms with Crippen molar-refractivity contribution in [2.24, 2.45) is 16.8 Å². The van der Waals surface area contributed by atoms with Gasteiger partial charge in [0.15, 0.2) is 0 Å². The zero-order chi connectivity index (χ0) is 10.8. The van der Waals surface area contributed by atoms with E-state index in [2.05, 4.69) is 42.8 Å². The van der Waals surface area contributed by atoms with E-state index < -0.39 is 0 Å². The highest BCUT2D eigenvalue weighted by Gasteiger charge is 2.29. The van der Waals surface area contributed by atoms with Crippen molar-refractivity contribution in [3.05, 3.63) is 11.3 Å². The third-order valence-corrected chi connectivity index (χ3v) is 4.88. The number of aliphatic imine (C=N–C) groups is 1. The van der Waals surface area contributed by atoms with Gasteiger partial charge in [-0.15, -0.1) is 0 Å². The van der Waals surface area contributed by atoms with Gasteiger partial charge in [-0.25, -0.2) is 4.99 Å². The number of nitrogens with one attached hydrogen (secondary N) is 1. The van der Waals surface area contributed by atoms with Crippen LogP contribution in [0.2, 0.25) is 0 Å². The molecular weight excluding hydrogens is 204 g/mol. The second-order valence-corrected chi connectivity index (χ2v) is 6.04. The molecule has 15 heavy (non-hydrogen) atoms. The highest BCUT2D eigenvalue weighted by molar-refractivity contribution is 8.01. The Balaban J connectivity index is 2.18. The van der Waals surface area contributed by atoms with E-state index in [1.807, 2.05) is 6.34 Å². The maximum absolute atomic E-state index is 4.57. The van der Waals surface area contributed by atoms with E-state index in [-0.39, 0.29) is 0 Å². The van der Waals surface area contributed by atoms with Gasteiger partial charge in [-0.3, -0.25) is 0 Å². The molecule has 2 aliphatic heterocycles. The van der Waals surface area contributed by atoms with Gasteiger partial charge < -0.3 is 5.32 Å². The molecule has 2 rings (SSSR count). The molecule has 0 aromatic carbocycles. The van der Waals surface area contributed by atoms with Crippen LogP contribution in [0.5, 0.6) is 0 Å². The summed E-state index contributed by atoms with van der Waals surface area (Å²) in [7, 11) is 0. The molecule has 0 aromatic heterocycles. The fraction of sp³-hybridized carbons (Fsp3) is 0.750.